The van der Waals surface area contributed by atoms with Crippen LogP contribution in [0.5, 0.6) is 5.75 Å². The van der Waals surface area contributed by atoms with Gasteiger partial charge in [-0.1, -0.05) is 19.1 Å². The van der Waals surface area contributed by atoms with Crippen LogP contribution in [0.2, 0.25) is 0 Å². The Morgan fingerprint density at radius 3 is 2.61 bits per heavy atom. The number of aliphatic imine (C=N–C) groups is 1. The van der Waals surface area contributed by atoms with E-state index in [4.69, 9.17) is 9.73 Å². The van der Waals surface area contributed by atoms with Gasteiger partial charge in [-0.2, -0.15) is 0 Å². The second-order valence-electron chi connectivity index (χ2n) is 8.26. The van der Waals surface area contributed by atoms with Crippen LogP contribution >= 0.6 is 24.0 Å². The molecule has 7 nitrogen and oxygen atoms in total. The first-order valence-electron chi connectivity index (χ1n) is 11.7. The molecule has 1 fully saturated rings. The zero-order chi connectivity index (χ0) is 22.8. The van der Waals surface area contributed by atoms with Gasteiger partial charge in [0.15, 0.2) is 5.96 Å². The number of rotatable bonds is 9. The summed E-state index contributed by atoms with van der Waals surface area (Å²) in [5.74, 6) is 2.74. The molecule has 1 aliphatic heterocycles. The smallest absolute Gasteiger partial charge is 0.191 e. The van der Waals surface area contributed by atoms with Gasteiger partial charge in [0, 0.05) is 38.9 Å². The molecule has 1 aliphatic rings. The molecule has 1 aromatic heterocycles. The largest absolute Gasteiger partial charge is 0.489 e. The molecule has 33 heavy (non-hydrogen) atoms. The molecule has 1 unspecified atom stereocenters. The predicted octanol–water partition coefficient (Wildman–Crippen LogP) is 3.67. The minimum atomic E-state index is 0. The zero-order valence-corrected chi connectivity index (χ0v) is 22.7. The predicted molar refractivity (Wildman–Crippen MR) is 148 cm³/mol. The minimum Gasteiger partial charge on any atom is -0.489 e. The number of likely N-dealkylation sites (N-methyl/N-ethyl adjacent to an activating group) is 1. The number of nitrogens with zero attached hydrogens (tertiary/aromatic N) is 4. The van der Waals surface area contributed by atoms with Gasteiger partial charge in [-0.05, 0) is 62.7 Å². The number of hydrogen-bond acceptors (Lipinski definition) is 5. The summed E-state index contributed by atoms with van der Waals surface area (Å²) >= 11 is 0. The maximum Gasteiger partial charge on any atom is 0.191 e. The number of anilines is 1. The third-order valence-electron chi connectivity index (χ3n) is 5.60. The van der Waals surface area contributed by atoms with Gasteiger partial charge in [-0.15, -0.1) is 24.0 Å². The summed E-state index contributed by atoms with van der Waals surface area (Å²) in [6.45, 7) is 15.9. The van der Waals surface area contributed by atoms with Crippen molar-refractivity contribution < 1.29 is 4.74 Å². The van der Waals surface area contributed by atoms with Crippen LogP contribution in [0, 0.1) is 6.92 Å². The van der Waals surface area contributed by atoms with Gasteiger partial charge in [0.25, 0.3) is 0 Å². The van der Waals surface area contributed by atoms with Crippen LogP contribution in [0.15, 0.2) is 47.6 Å². The molecular weight excluding hydrogens is 527 g/mol. The number of pyridine rings is 1. The van der Waals surface area contributed by atoms with Crippen LogP contribution < -0.4 is 20.3 Å². The molecule has 0 spiro atoms. The highest BCUT2D eigenvalue weighted by Gasteiger charge is 2.16. The van der Waals surface area contributed by atoms with Crippen LogP contribution in [-0.2, 0) is 6.54 Å². The third kappa shape index (κ3) is 9.00. The van der Waals surface area contributed by atoms with Crippen LogP contribution in [0.1, 0.15) is 31.9 Å². The van der Waals surface area contributed by atoms with E-state index in [-0.39, 0.29) is 30.1 Å². The summed E-state index contributed by atoms with van der Waals surface area (Å²) in [6, 6.07) is 12.3. The molecule has 1 aromatic carbocycles. The number of aromatic nitrogens is 1. The first-order chi connectivity index (χ1) is 15.6. The van der Waals surface area contributed by atoms with Gasteiger partial charge in [-0.25, -0.2) is 9.98 Å². The van der Waals surface area contributed by atoms with Crippen molar-refractivity contribution in [2.45, 2.75) is 40.3 Å². The first-order valence-corrected chi connectivity index (χ1v) is 11.7. The number of ether oxygens (including phenoxy) is 1. The van der Waals surface area contributed by atoms with Crippen LogP contribution in [-0.4, -0.2) is 67.8 Å². The first kappa shape index (κ1) is 27.2. The lowest BCUT2D eigenvalue weighted by Crippen LogP contribution is -2.46. The van der Waals surface area contributed by atoms with E-state index in [1.165, 1.54) is 5.56 Å². The van der Waals surface area contributed by atoms with Crippen molar-refractivity contribution >= 4 is 35.8 Å². The average molecular weight is 567 g/mol. The molecule has 8 heteroatoms. The zero-order valence-electron chi connectivity index (χ0n) is 20.4. The number of aryl methyl sites for hydroxylation is 1. The number of guanidine groups is 1. The molecule has 1 atom stereocenters. The molecule has 0 saturated carbocycles. The monoisotopic (exact) mass is 566 g/mol. The van der Waals surface area contributed by atoms with Crippen molar-refractivity contribution in [3.63, 3.8) is 0 Å². The molecule has 2 aromatic rings. The fraction of sp³-hybridized carbons (Fsp3) is 0.520. The maximum atomic E-state index is 6.02. The number of benzene rings is 1. The van der Waals surface area contributed by atoms with E-state index in [0.29, 0.717) is 13.1 Å². The molecule has 0 amide bonds. The van der Waals surface area contributed by atoms with E-state index < -0.39 is 0 Å². The molecular formula is C25H39IN6O. The van der Waals surface area contributed by atoms with Crippen molar-refractivity contribution in [1.29, 1.82) is 0 Å². The fourth-order valence-corrected chi connectivity index (χ4v) is 3.74. The van der Waals surface area contributed by atoms with Gasteiger partial charge in [0.1, 0.15) is 17.7 Å². The number of nitrogens with one attached hydrogen (secondary N) is 2. The minimum absolute atomic E-state index is 0. The van der Waals surface area contributed by atoms with Gasteiger partial charge in [-0.3, -0.25) is 0 Å². The lowest BCUT2D eigenvalue weighted by atomic mass is 10.2. The Balaban J connectivity index is 0.00000385. The Bertz CT molecular complexity index is 869. The summed E-state index contributed by atoms with van der Waals surface area (Å²) in [7, 11) is 0. The Labute approximate surface area is 216 Å². The summed E-state index contributed by atoms with van der Waals surface area (Å²) in [4.78, 5) is 14.2. The van der Waals surface area contributed by atoms with Gasteiger partial charge in [0.05, 0.1) is 13.1 Å². The van der Waals surface area contributed by atoms with Crippen molar-refractivity contribution in [2.75, 3.05) is 50.7 Å². The van der Waals surface area contributed by atoms with Gasteiger partial charge >= 0.3 is 0 Å². The highest BCUT2D eigenvalue weighted by atomic mass is 127. The quantitative estimate of drug-likeness (QED) is 0.275. The van der Waals surface area contributed by atoms with Gasteiger partial charge in [0.2, 0.25) is 0 Å². The van der Waals surface area contributed by atoms with Crippen molar-refractivity contribution in [3.8, 4) is 5.75 Å². The van der Waals surface area contributed by atoms with Crippen LogP contribution in [0.3, 0.4) is 0 Å². The standard InChI is InChI=1S/C25H38N6O.HI/c1-5-26-25(28-18-21(4)32-23-9-7-8-20(3)16-23)29-19-22-10-11-27-24(17-22)31-14-12-30(6-2)13-15-31;/h7-11,16-17,21H,5-6,12-15,18-19H2,1-4H3,(H2,26,28,29);1H. The highest BCUT2D eigenvalue weighted by Crippen LogP contribution is 2.16. The second-order valence-corrected chi connectivity index (χ2v) is 8.26. The normalized spacial score (nSPS) is 15.5. The van der Waals surface area contributed by atoms with E-state index in [2.05, 4.69) is 71.3 Å². The van der Waals surface area contributed by atoms with E-state index in [0.717, 1.165) is 62.4 Å². The van der Waals surface area contributed by atoms with Crippen LogP contribution in [0.4, 0.5) is 5.82 Å². The third-order valence-corrected chi connectivity index (χ3v) is 5.60. The average Bonchev–Trinajstić information content (AvgIpc) is 2.81. The molecule has 0 aliphatic carbocycles. The topological polar surface area (TPSA) is 65.0 Å². The Hall–Kier alpha value is -2.07. The SMILES string of the molecule is CCNC(=NCc1ccnc(N2CCN(CC)CC2)c1)NCC(C)Oc1cccc(C)c1.I. The number of halogens is 1. The van der Waals surface area contributed by atoms with E-state index in [1.54, 1.807) is 0 Å². The van der Waals surface area contributed by atoms with E-state index >= 15 is 0 Å². The summed E-state index contributed by atoms with van der Waals surface area (Å²) in [5, 5.41) is 6.72. The highest BCUT2D eigenvalue weighted by molar-refractivity contribution is 14.0. The molecule has 182 valence electrons. The Morgan fingerprint density at radius 1 is 1.12 bits per heavy atom. The molecule has 3 rings (SSSR count). The summed E-state index contributed by atoms with van der Waals surface area (Å²) in [5.41, 5.74) is 2.36. The van der Waals surface area contributed by atoms with E-state index in [9.17, 15) is 0 Å². The molecule has 1 saturated heterocycles. The lowest BCUT2D eigenvalue weighted by molar-refractivity contribution is 0.223. The van der Waals surface area contributed by atoms with Crippen molar-refractivity contribution in [2.24, 2.45) is 4.99 Å². The summed E-state index contributed by atoms with van der Waals surface area (Å²) in [6.07, 6.45) is 1.92. The van der Waals surface area contributed by atoms with Crippen molar-refractivity contribution in [3.05, 3.63) is 53.7 Å². The van der Waals surface area contributed by atoms with E-state index in [1.807, 2.05) is 24.4 Å². The number of hydrogen-bond donors (Lipinski definition) is 2. The number of piperazine rings is 1. The van der Waals surface area contributed by atoms with Gasteiger partial charge < -0.3 is 25.2 Å². The molecule has 0 radical (unpaired) electrons. The lowest BCUT2D eigenvalue weighted by Gasteiger charge is -2.34. The Morgan fingerprint density at radius 2 is 1.91 bits per heavy atom. The second kappa shape index (κ2) is 14.2. The molecule has 2 N–H and O–H groups in total. The fourth-order valence-electron chi connectivity index (χ4n) is 3.74. The maximum absolute atomic E-state index is 6.02. The summed E-state index contributed by atoms with van der Waals surface area (Å²) < 4.78 is 6.02. The van der Waals surface area contributed by atoms with Crippen molar-refractivity contribution in [1.82, 2.24) is 20.5 Å². The Kier molecular flexibility index (Phi) is 11.7. The van der Waals surface area contributed by atoms with Crippen LogP contribution in [0.25, 0.3) is 0 Å². The molecule has 0 bridgehead atoms. The molecule has 2 heterocycles.